The molecule has 5 heteroatoms. The minimum absolute atomic E-state index is 0.0241. The van der Waals surface area contributed by atoms with Crippen molar-refractivity contribution in [1.29, 1.82) is 0 Å². The summed E-state index contributed by atoms with van der Waals surface area (Å²) in [7, 11) is 1.81. The summed E-state index contributed by atoms with van der Waals surface area (Å²) in [5.74, 6) is 0.0620. The normalized spacial score (nSPS) is 15.4. The lowest BCUT2D eigenvalue weighted by molar-refractivity contribution is -0.119. The number of benzene rings is 2. The quantitative estimate of drug-likeness (QED) is 0.901. The van der Waals surface area contributed by atoms with Gasteiger partial charge in [-0.15, -0.1) is 0 Å². The van der Waals surface area contributed by atoms with Crippen LogP contribution in [0.5, 0.6) is 0 Å². The lowest BCUT2D eigenvalue weighted by Crippen LogP contribution is -2.47. The van der Waals surface area contributed by atoms with E-state index in [2.05, 4.69) is 10.2 Å². The predicted molar refractivity (Wildman–Crippen MR) is 103 cm³/mol. The van der Waals surface area contributed by atoms with Crippen molar-refractivity contribution in [2.24, 2.45) is 0 Å². The molecule has 1 saturated heterocycles. The zero-order chi connectivity index (χ0) is 18.4. The number of carbonyl (C=O) groups excluding carboxylic acids is 2. The van der Waals surface area contributed by atoms with Gasteiger partial charge >= 0.3 is 0 Å². The van der Waals surface area contributed by atoms with Gasteiger partial charge in [0.05, 0.1) is 6.54 Å². The third kappa shape index (κ3) is 4.70. The molecule has 0 aromatic heterocycles. The van der Waals surface area contributed by atoms with Crippen molar-refractivity contribution in [2.75, 3.05) is 31.6 Å². The van der Waals surface area contributed by atoms with Crippen LogP contribution in [0.25, 0.3) is 0 Å². The van der Waals surface area contributed by atoms with Crippen LogP contribution in [0.1, 0.15) is 23.2 Å². The number of likely N-dealkylation sites (N-methyl/N-ethyl adjacent to an activating group) is 1. The van der Waals surface area contributed by atoms with Crippen LogP contribution < -0.4 is 10.2 Å². The van der Waals surface area contributed by atoms with Gasteiger partial charge in [0.25, 0.3) is 5.91 Å². The summed E-state index contributed by atoms with van der Waals surface area (Å²) in [6.45, 7) is 2.03. The summed E-state index contributed by atoms with van der Waals surface area (Å²) in [5, 5.41) is 3.10. The Labute approximate surface area is 154 Å². The van der Waals surface area contributed by atoms with Crippen LogP contribution in [0.15, 0.2) is 60.7 Å². The van der Waals surface area contributed by atoms with E-state index in [0.29, 0.717) is 12.1 Å². The van der Waals surface area contributed by atoms with Crippen LogP contribution in [-0.2, 0) is 4.79 Å². The van der Waals surface area contributed by atoms with E-state index in [0.717, 1.165) is 31.6 Å². The third-order valence-corrected chi connectivity index (χ3v) is 4.84. The maximum atomic E-state index is 12.5. The molecule has 2 amide bonds. The third-order valence-electron chi connectivity index (χ3n) is 4.84. The van der Waals surface area contributed by atoms with Crippen molar-refractivity contribution in [2.45, 2.75) is 18.9 Å². The molecule has 0 radical (unpaired) electrons. The Morgan fingerprint density at radius 1 is 1.00 bits per heavy atom. The van der Waals surface area contributed by atoms with Crippen molar-refractivity contribution in [3.05, 3.63) is 66.2 Å². The summed E-state index contributed by atoms with van der Waals surface area (Å²) in [5.41, 5.74) is 1.59. The zero-order valence-corrected chi connectivity index (χ0v) is 15.1. The summed E-state index contributed by atoms with van der Waals surface area (Å²) >= 11 is 0. The molecule has 1 heterocycles. The highest BCUT2D eigenvalue weighted by atomic mass is 16.2. The first-order valence-electron chi connectivity index (χ1n) is 9.03. The number of carbonyl (C=O) groups is 2. The fraction of sp³-hybridized carbons (Fsp3) is 0.333. The molecule has 1 aliphatic heterocycles. The molecule has 0 aliphatic carbocycles. The number of piperidine rings is 1. The van der Waals surface area contributed by atoms with E-state index >= 15 is 0 Å². The number of nitrogens with zero attached hydrogens (tertiary/aromatic N) is 2. The standard InChI is InChI=1S/C21H25N3O2/c1-23(19-10-6-3-7-11-19)20(25)16-24-14-12-18(13-15-24)22-21(26)17-8-4-2-5-9-17/h2-11,18H,12-16H2,1H3,(H,22,26). The predicted octanol–water partition coefficient (Wildman–Crippen LogP) is 2.54. The Morgan fingerprint density at radius 2 is 1.58 bits per heavy atom. The van der Waals surface area contributed by atoms with Gasteiger partial charge in [0.1, 0.15) is 0 Å². The SMILES string of the molecule is CN(C(=O)CN1CCC(NC(=O)c2ccccc2)CC1)c1ccccc1. The smallest absolute Gasteiger partial charge is 0.251 e. The molecule has 2 aromatic rings. The number of rotatable bonds is 5. The van der Waals surface area contributed by atoms with Crippen molar-refractivity contribution in [3.8, 4) is 0 Å². The molecule has 0 atom stereocenters. The molecule has 1 fully saturated rings. The van der Waals surface area contributed by atoms with Crippen molar-refractivity contribution in [1.82, 2.24) is 10.2 Å². The Hall–Kier alpha value is -2.66. The van der Waals surface area contributed by atoms with Gasteiger partial charge in [-0.1, -0.05) is 36.4 Å². The van der Waals surface area contributed by atoms with E-state index in [1.54, 1.807) is 4.90 Å². The van der Waals surface area contributed by atoms with E-state index in [4.69, 9.17) is 0 Å². The van der Waals surface area contributed by atoms with Gasteiger partial charge in [0.2, 0.25) is 5.91 Å². The number of nitrogens with one attached hydrogen (secondary N) is 1. The number of amides is 2. The number of hydrogen-bond acceptors (Lipinski definition) is 3. The zero-order valence-electron chi connectivity index (χ0n) is 15.1. The van der Waals surface area contributed by atoms with Crippen LogP contribution in [0.2, 0.25) is 0 Å². The molecule has 0 bridgehead atoms. The minimum Gasteiger partial charge on any atom is -0.349 e. The van der Waals surface area contributed by atoms with Gasteiger partial charge in [-0.05, 0) is 37.1 Å². The van der Waals surface area contributed by atoms with Crippen LogP contribution in [0, 0.1) is 0 Å². The van der Waals surface area contributed by atoms with Crippen molar-refractivity contribution < 1.29 is 9.59 Å². The van der Waals surface area contributed by atoms with Crippen molar-refractivity contribution in [3.63, 3.8) is 0 Å². The van der Waals surface area contributed by atoms with Crippen LogP contribution in [0.4, 0.5) is 5.69 Å². The molecule has 0 unspecified atom stereocenters. The lowest BCUT2D eigenvalue weighted by Gasteiger charge is -2.32. The second-order valence-corrected chi connectivity index (χ2v) is 6.68. The van der Waals surface area contributed by atoms with E-state index in [1.807, 2.05) is 67.7 Å². The molecular weight excluding hydrogens is 326 g/mol. The van der Waals surface area contributed by atoms with Gasteiger partial charge in [-0.2, -0.15) is 0 Å². The summed E-state index contributed by atoms with van der Waals surface area (Å²) in [6, 6.07) is 19.1. The molecule has 2 aromatic carbocycles. The number of anilines is 1. The molecule has 136 valence electrons. The summed E-state index contributed by atoms with van der Waals surface area (Å²) < 4.78 is 0. The molecule has 1 N–H and O–H groups in total. The maximum absolute atomic E-state index is 12.5. The molecule has 3 rings (SSSR count). The first-order chi connectivity index (χ1) is 12.6. The van der Waals surface area contributed by atoms with Gasteiger partial charge < -0.3 is 10.2 Å². The average Bonchev–Trinajstić information content (AvgIpc) is 2.70. The van der Waals surface area contributed by atoms with Crippen LogP contribution >= 0.6 is 0 Å². The fourth-order valence-corrected chi connectivity index (χ4v) is 3.19. The topological polar surface area (TPSA) is 52.7 Å². The van der Waals surface area contributed by atoms with E-state index in [-0.39, 0.29) is 17.9 Å². The molecule has 0 spiro atoms. The lowest BCUT2D eigenvalue weighted by atomic mass is 10.0. The van der Waals surface area contributed by atoms with Gasteiger partial charge in [0.15, 0.2) is 0 Å². The van der Waals surface area contributed by atoms with Crippen molar-refractivity contribution >= 4 is 17.5 Å². The molecule has 0 saturated carbocycles. The first-order valence-corrected chi connectivity index (χ1v) is 9.03. The molecule has 26 heavy (non-hydrogen) atoms. The Kier molecular flexibility index (Phi) is 6.02. The Bertz CT molecular complexity index is 725. The molecule has 1 aliphatic rings. The second-order valence-electron chi connectivity index (χ2n) is 6.68. The highest BCUT2D eigenvalue weighted by molar-refractivity contribution is 5.94. The highest BCUT2D eigenvalue weighted by Crippen LogP contribution is 2.14. The Balaban J connectivity index is 1.45. The van der Waals surface area contributed by atoms with Crippen LogP contribution in [-0.4, -0.2) is 49.4 Å². The first kappa shape index (κ1) is 18.1. The van der Waals surface area contributed by atoms with E-state index in [1.165, 1.54) is 0 Å². The van der Waals surface area contributed by atoms with Crippen LogP contribution in [0.3, 0.4) is 0 Å². The van der Waals surface area contributed by atoms with E-state index in [9.17, 15) is 9.59 Å². The largest absolute Gasteiger partial charge is 0.349 e. The van der Waals surface area contributed by atoms with Gasteiger partial charge in [-0.25, -0.2) is 0 Å². The number of para-hydroxylation sites is 1. The number of likely N-dealkylation sites (tertiary alicyclic amines) is 1. The minimum atomic E-state index is -0.0241. The maximum Gasteiger partial charge on any atom is 0.251 e. The highest BCUT2D eigenvalue weighted by Gasteiger charge is 2.23. The fourth-order valence-electron chi connectivity index (χ4n) is 3.19. The number of hydrogen-bond donors (Lipinski definition) is 1. The Morgan fingerprint density at radius 3 is 2.19 bits per heavy atom. The monoisotopic (exact) mass is 351 g/mol. The summed E-state index contributed by atoms with van der Waals surface area (Å²) in [4.78, 5) is 28.6. The van der Waals surface area contributed by atoms with E-state index < -0.39 is 0 Å². The molecular formula is C21H25N3O2. The second kappa shape index (κ2) is 8.63. The summed E-state index contributed by atoms with van der Waals surface area (Å²) in [6.07, 6.45) is 1.72. The van der Waals surface area contributed by atoms with Gasteiger partial charge in [-0.3, -0.25) is 14.5 Å². The molecule has 5 nitrogen and oxygen atoms in total. The average molecular weight is 351 g/mol. The van der Waals surface area contributed by atoms with Gasteiger partial charge in [0, 0.05) is 37.4 Å².